The Kier molecular flexibility index (Phi) is 4.32. The number of hydrogen-bond acceptors (Lipinski definition) is 2. The van der Waals surface area contributed by atoms with Gasteiger partial charge in [0.05, 0.1) is 0 Å². The molecule has 2 aromatic rings. The smallest absolute Gasteiger partial charge is 0.124 e. The van der Waals surface area contributed by atoms with Crippen LogP contribution in [0.25, 0.3) is 0 Å². The first-order valence-electron chi connectivity index (χ1n) is 7.42. The first kappa shape index (κ1) is 14.6. The number of nitrogens with two attached hydrogens (primary N) is 1. The fourth-order valence-corrected chi connectivity index (χ4v) is 3.26. The van der Waals surface area contributed by atoms with E-state index in [4.69, 9.17) is 10.5 Å². The van der Waals surface area contributed by atoms with E-state index in [2.05, 4.69) is 34.1 Å². The van der Waals surface area contributed by atoms with Crippen molar-refractivity contribution in [2.75, 3.05) is 0 Å². The molecule has 0 amide bonds. The lowest BCUT2D eigenvalue weighted by Crippen LogP contribution is -2.08. The average molecular weight is 346 g/mol. The van der Waals surface area contributed by atoms with E-state index in [0.717, 1.165) is 15.8 Å². The van der Waals surface area contributed by atoms with Gasteiger partial charge in [0.15, 0.2) is 0 Å². The molecule has 110 valence electrons. The minimum Gasteiger partial charge on any atom is -0.489 e. The Morgan fingerprint density at radius 2 is 1.95 bits per heavy atom. The standard InChI is InChI=1S/C18H20BrNO/c1-12(20)17-10-16(19)7-8-18(17)21-11-13-5-6-14-3-2-4-15(14)9-13/h5-10,12H,2-4,11,20H2,1H3/t12-/m1/s1. The van der Waals surface area contributed by atoms with Gasteiger partial charge in [0.1, 0.15) is 12.4 Å². The molecule has 2 nitrogen and oxygen atoms in total. The molecule has 1 aliphatic rings. The predicted molar refractivity (Wildman–Crippen MR) is 89.5 cm³/mol. The molecule has 0 spiro atoms. The first-order chi connectivity index (χ1) is 10.1. The van der Waals surface area contributed by atoms with E-state index in [-0.39, 0.29) is 6.04 Å². The van der Waals surface area contributed by atoms with Gasteiger partial charge in [-0.15, -0.1) is 0 Å². The molecule has 2 aromatic carbocycles. The van der Waals surface area contributed by atoms with Crippen molar-refractivity contribution in [1.82, 2.24) is 0 Å². The van der Waals surface area contributed by atoms with Crippen LogP contribution in [-0.4, -0.2) is 0 Å². The second kappa shape index (κ2) is 6.20. The van der Waals surface area contributed by atoms with Crippen molar-refractivity contribution < 1.29 is 4.74 Å². The molecule has 3 heteroatoms. The minimum absolute atomic E-state index is 0.0440. The van der Waals surface area contributed by atoms with E-state index in [1.54, 1.807) is 0 Å². The number of hydrogen-bond donors (Lipinski definition) is 1. The van der Waals surface area contributed by atoms with Gasteiger partial charge in [-0.3, -0.25) is 0 Å². The van der Waals surface area contributed by atoms with E-state index in [1.165, 1.54) is 36.0 Å². The summed E-state index contributed by atoms with van der Waals surface area (Å²) < 4.78 is 7.03. The molecule has 0 fully saturated rings. The Labute approximate surface area is 134 Å². The van der Waals surface area contributed by atoms with E-state index in [9.17, 15) is 0 Å². The maximum atomic E-state index is 6.03. The molecule has 0 unspecified atom stereocenters. The molecule has 0 saturated carbocycles. The highest BCUT2D eigenvalue weighted by atomic mass is 79.9. The normalized spacial score (nSPS) is 14.8. The van der Waals surface area contributed by atoms with Crippen molar-refractivity contribution in [1.29, 1.82) is 0 Å². The van der Waals surface area contributed by atoms with Gasteiger partial charge in [0.25, 0.3) is 0 Å². The molecular weight excluding hydrogens is 326 g/mol. The summed E-state index contributed by atoms with van der Waals surface area (Å²) in [6, 6.07) is 12.7. The molecule has 0 saturated heterocycles. The molecule has 1 atom stereocenters. The molecular formula is C18H20BrNO. The van der Waals surface area contributed by atoms with E-state index in [0.29, 0.717) is 6.61 Å². The monoisotopic (exact) mass is 345 g/mol. The topological polar surface area (TPSA) is 35.2 Å². The van der Waals surface area contributed by atoms with Crippen LogP contribution in [-0.2, 0) is 19.4 Å². The summed E-state index contributed by atoms with van der Waals surface area (Å²) in [6.45, 7) is 2.57. The SMILES string of the molecule is C[C@@H](N)c1cc(Br)ccc1OCc1ccc2c(c1)CCC2. The van der Waals surface area contributed by atoms with Gasteiger partial charge in [-0.2, -0.15) is 0 Å². The van der Waals surface area contributed by atoms with Crippen molar-refractivity contribution in [3.8, 4) is 5.75 Å². The Morgan fingerprint density at radius 1 is 1.14 bits per heavy atom. The second-order valence-electron chi connectivity index (χ2n) is 5.72. The number of fused-ring (bicyclic) bond motifs is 1. The van der Waals surface area contributed by atoms with Gasteiger partial charge in [-0.05, 0) is 61.1 Å². The van der Waals surface area contributed by atoms with Crippen LogP contribution in [0, 0.1) is 0 Å². The van der Waals surface area contributed by atoms with Crippen molar-refractivity contribution in [3.63, 3.8) is 0 Å². The van der Waals surface area contributed by atoms with Crippen molar-refractivity contribution in [2.24, 2.45) is 5.73 Å². The summed E-state index contributed by atoms with van der Waals surface area (Å²) in [6.07, 6.45) is 3.70. The molecule has 0 heterocycles. The third kappa shape index (κ3) is 3.30. The van der Waals surface area contributed by atoms with Gasteiger partial charge in [0.2, 0.25) is 0 Å². The first-order valence-corrected chi connectivity index (χ1v) is 8.21. The van der Waals surface area contributed by atoms with Gasteiger partial charge in [-0.1, -0.05) is 34.1 Å². The van der Waals surface area contributed by atoms with Crippen molar-refractivity contribution in [3.05, 3.63) is 63.1 Å². The lowest BCUT2D eigenvalue weighted by atomic mass is 10.1. The Morgan fingerprint density at radius 3 is 2.76 bits per heavy atom. The fourth-order valence-electron chi connectivity index (χ4n) is 2.88. The van der Waals surface area contributed by atoms with Crippen LogP contribution < -0.4 is 10.5 Å². The third-order valence-electron chi connectivity index (χ3n) is 4.02. The second-order valence-corrected chi connectivity index (χ2v) is 6.63. The summed E-state index contributed by atoms with van der Waals surface area (Å²) >= 11 is 3.48. The van der Waals surface area contributed by atoms with E-state index < -0.39 is 0 Å². The number of ether oxygens (including phenoxy) is 1. The quantitative estimate of drug-likeness (QED) is 0.882. The van der Waals surface area contributed by atoms with Gasteiger partial charge in [0, 0.05) is 16.1 Å². The zero-order valence-electron chi connectivity index (χ0n) is 12.2. The molecule has 3 rings (SSSR count). The highest BCUT2D eigenvalue weighted by Crippen LogP contribution is 2.29. The highest BCUT2D eigenvalue weighted by molar-refractivity contribution is 9.10. The average Bonchev–Trinajstić information content (AvgIpc) is 2.93. The van der Waals surface area contributed by atoms with Crippen LogP contribution in [0.4, 0.5) is 0 Å². The fraction of sp³-hybridized carbons (Fsp3) is 0.333. The van der Waals surface area contributed by atoms with Crippen LogP contribution >= 0.6 is 15.9 Å². The van der Waals surface area contributed by atoms with Crippen LogP contribution in [0.3, 0.4) is 0 Å². The summed E-state index contributed by atoms with van der Waals surface area (Å²) in [4.78, 5) is 0. The summed E-state index contributed by atoms with van der Waals surface area (Å²) in [7, 11) is 0. The van der Waals surface area contributed by atoms with Crippen molar-refractivity contribution in [2.45, 2.75) is 38.8 Å². The Hall–Kier alpha value is -1.32. The molecule has 2 N–H and O–H groups in total. The number of halogens is 1. The summed E-state index contributed by atoms with van der Waals surface area (Å²) in [5, 5.41) is 0. The summed E-state index contributed by atoms with van der Waals surface area (Å²) in [5.41, 5.74) is 11.3. The number of rotatable bonds is 4. The van der Waals surface area contributed by atoms with Gasteiger partial charge < -0.3 is 10.5 Å². The Bertz CT molecular complexity index is 652. The highest BCUT2D eigenvalue weighted by Gasteiger charge is 2.12. The minimum atomic E-state index is -0.0440. The van der Waals surface area contributed by atoms with Gasteiger partial charge in [-0.25, -0.2) is 0 Å². The maximum Gasteiger partial charge on any atom is 0.124 e. The largest absolute Gasteiger partial charge is 0.489 e. The predicted octanol–water partition coefficient (Wildman–Crippen LogP) is 4.54. The van der Waals surface area contributed by atoms with Gasteiger partial charge >= 0.3 is 0 Å². The van der Waals surface area contributed by atoms with E-state index in [1.807, 2.05) is 25.1 Å². The summed E-state index contributed by atoms with van der Waals surface area (Å²) in [5.74, 6) is 0.869. The van der Waals surface area contributed by atoms with Crippen molar-refractivity contribution >= 4 is 15.9 Å². The molecule has 1 aliphatic carbocycles. The van der Waals surface area contributed by atoms with E-state index >= 15 is 0 Å². The van der Waals surface area contributed by atoms with Crippen LogP contribution in [0.5, 0.6) is 5.75 Å². The molecule has 0 aliphatic heterocycles. The lowest BCUT2D eigenvalue weighted by molar-refractivity contribution is 0.301. The van der Waals surface area contributed by atoms with Crippen LogP contribution in [0.2, 0.25) is 0 Å². The molecule has 0 aromatic heterocycles. The number of benzene rings is 2. The zero-order chi connectivity index (χ0) is 14.8. The molecule has 0 bridgehead atoms. The number of aryl methyl sites for hydroxylation is 2. The third-order valence-corrected chi connectivity index (χ3v) is 4.51. The van der Waals surface area contributed by atoms with Crippen LogP contribution in [0.15, 0.2) is 40.9 Å². The lowest BCUT2D eigenvalue weighted by Gasteiger charge is -2.15. The van der Waals surface area contributed by atoms with Crippen LogP contribution in [0.1, 0.15) is 41.6 Å². The Balaban J connectivity index is 1.76. The maximum absolute atomic E-state index is 6.03. The molecule has 21 heavy (non-hydrogen) atoms. The zero-order valence-corrected chi connectivity index (χ0v) is 13.8. The molecule has 0 radical (unpaired) electrons.